The van der Waals surface area contributed by atoms with Gasteiger partial charge in [0.1, 0.15) is 5.82 Å². The standard InChI is InChI=1S/C15H16FN3O3/c1-21-14-8-17-7-12(14)18-15(20)11-6-13(22-19-11)9-2-4-10(16)5-3-9/h2-6,12,14,17H,7-8H2,1H3,(H,18,20)/t12-,14+/m1/s1. The maximum atomic E-state index is 12.9. The molecule has 0 saturated carbocycles. The Hall–Kier alpha value is -2.25. The molecule has 1 aromatic heterocycles. The average Bonchev–Trinajstić information content (AvgIpc) is 3.16. The molecule has 2 N–H and O–H groups in total. The summed E-state index contributed by atoms with van der Waals surface area (Å²) in [6.45, 7) is 1.34. The van der Waals surface area contributed by atoms with Gasteiger partial charge in [-0.2, -0.15) is 0 Å². The van der Waals surface area contributed by atoms with E-state index < -0.39 is 0 Å². The van der Waals surface area contributed by atoms with Gasteiger partial charge in [0.05, 0.1) is 12.1 Å². The van der Waals surface area contributed by atoms with Gasteiger partial charge in [-0.25, -0.2) is 4.39 Å². The number of aromatic nitrogens is 1. The van der Waals surface area contributed by atoms with E-state index in [0.29, 0.717) is 24.4 Å². The smallest absolute Gasteiger partial charge is 0.273 e. The first-order valence-electron chi connectivity index (χ1n) is 6.94. The SMILES string of the molecule is CO[C@H]1CNC[C@H]1NC(=O)c1cc(-c2ccc(F)cc2)on1. The quantitative estimate of drug-likeness (QED) is 0.887. The molecule has 3 rings (SSSR count). The normalized spacial score (nSPS) is 21.0. The van der Waals surface area contributed by atoms with Crippen LogP contribution in [0.15, 0.2) is 34.9 Å². The summed E-state index contributed by atoms with van der Waals surface area (Å²) in [6, 6.07) is 7.21. The van der Waals surface area contributed by atoms with Gasteiger partial charge in [-0.05, 0) is 24.3 Å². The second-order valence-electron chi connectivity index (χ2n) is 5.10. The van der Waals surface area contributed by atoms with E-state index in [-0.39, 0.29) is 29.6 Å². The first-order chi connectivity index (χ1) is 10.7. The second kappa shape index (κ2) is 6.25. The zero-order valence-electron chi connectivity index (χ0n) is 12.0. The van der Waals surface area contributed by atoms with Crippen LogP contribution in [0.4, 0.5) is 4.39 Å². The molecule has 2 atom stereocenters. The lowest BCUT2D eigenvalue weighted by Gasteiger charge is -2.17. The number of carbonyl (C=O) groups excluding carboxylic acids is 1. The van der Waals surface area contributed by atoms with Crippen molar-refractivity contribution in [2.75, 3.05) is 20.2 Å². The Morgan fingerprint density at radius 2 is 2.18 bits per heavy atom. The number of ether oxygens (including phenoxy) is 1. The Labute approximate surface area is 126 Å². The average molecular weight is 305 g/mol. The van der Waals surface area contributed by atoms with Crippen molar-refractivity contribution < 1.29 is 18.4 Å². The van der Waals surface area contributed by atoms with Gasteiger partial charge in [-0.15, -0.1) is 0 Å². The summed E-state index contributed by atoms with van der Waals surface area (Å²) in [5.41, 5.74) is 0.839. The highest BCUT2D eigenvalue weighted by molar-refractivity contribution is 5.93. The van der Waals surface area contributed by atoms with Crippen LogP contribution in [-0.4, -0.2) is 43.4 Å². The van der Waals surface area contributed by atoms with Crippen LogP contribution in [0.2, 0.25) is 0 Å². The molecule has 7 heteroatoms. The van der Waals surface area contributed by atoms with Gasteiger partial charge < -0.3 is 19.9 Å². The van der Waals surface area contributed by atoms with E-state index >= 15 is 0 Å². The summed E-state index contributed by atoms with van der Waals surface area (Å²) in [4.78, 5) is 12.2. The number of nitrogens with one attached hydrogen (secondary N) is 2. The largest absolute Gasteiger partial charge is 0.378 e. The minimum Gasteiger partial charge on any atom is -0.378 e. The van der Waals surface area contributed by atoms with Crippen molar-refractivity contribution in [1.82, 2.24) is 15.8 Å². The van der Waals surface area contributed by atoms with Crippen LogP contribution >= 0.6 is 0 Å². The summed E-state index contributed by atoms with van der Waals surface area (Å²) < 4.78 is 23.3. The number of benzene rings is 1. The monoisotopic (exact) mass is 305 g/mol. The van der Waals surface area contributed by atoms with Crippen LogP contribution in [0.25, 0.3) is 11.3 Å². The number of rotatable bonds is 4. The van der Waals surface area contributed by atoms with E-state index in [9.17, 15) is 9.18 Å². The summed E-state index contributed by atoms with van der Waals surface area (Å²) in [6.07, 6.45) is -0.0626. The fourth-order valence-corrected chi connectivity index (χ4v) is 2.42. The zero-order valence-corrected chi connectivity index (χ0v) is 12.0. The van der Waals surface area contributed by atoms with Crippen molar-refractivity contribution in [3.63, 3.8) is 0 Å². The van der Waals surface area contributed by atoms with Gasteiger partial charge in [0.25, 0.3) is 5.91 Å². The minimum absolute atomic E-state index is 0.0626. The molecule has 0 radical (unpaired) electrons. The van der Waals surface area contributed by atoms with Crippen molar-refractivity contribution in [3.05, 3.63) is 41.8 Å². The molecule has 116 valence electrons. The fraction of sp³-hybridized carbons (Fsp3) is 0.333. The highest BCUT2D eigenvalue weighted by Crippen LogP contribution is 2.20. The molecular weight excluding hydrogens is 289 g/mol. The van der Waals surface area contributed by atoms with E-state index in [1.165, 1.54) is 18.2 Å². The second-order valence-corrected chi connectivity index (χ2v) is 5.10. The van der Waals surface area contributed by atoms with Crippen molar-refractivity contribution in [3.8, 4) is 11.3 Å². The molecule has 0 aliphatic carbocycles. The van der Waals surface area contributed by atoms with Crippen LogP contribution < -0.4 is 10.6 Å². The Kier molecular flexibility index (Phi) is 4.17. The van der Waals surface area contributed by atoms with Crippen LogP contribution in [0.5, 0.6) is 0 Å². The van der Waals surface area contributed by atoms with Gasteiger partial charge in [0, 0.05) is 31.8 Å². The molecular formula is C15H16FN3O3. The van der Waals surface area contributed by atoms with Crippen LogP contribution in [-0.2, 0) is 4.74 Å². The molecule has 2 aromatic rings. The molecule has 0 unspecified atom stereocenters. The first-order valence-corrected chi connectivity index (χ1v) is 6.94. The molecule has 0 spiro atoms. The first kappa shape index (κ1) is 14.7. The lowest BCUT2D eigenvalue weighted by atomic mass is 10.1. The number of amides is 1. The number of halogens is 1. The molecule has 0 bridgehead atoms. The van der Waals surface area contributed by atoms with Crippen LogP contribution in [0.3, 0.4) is 0 Å². The third kappa shape index (κ3) is 3.00. The molecule has 6 nitrogen and oxygen atoms in total. The summed E-state index contributed by atoms with van der Waals surface area (Å²) in [5, 5.41) is 9.77. The summed E-state index contributed by atoms with van der Waals surface area (Å²) in [5.74, 6) is -0.244. The van der Waals surface area contributed by atoms with Crippen molar-refractivity contribution >= 4 is 5.91 Å². The maximum absolute atomic E-state index is 12.9. The van der Waals surface area contributed by atoms with E-state index in [1.54, 1.807) is 19.2 Å². The van der Waals surface area contributed by atoms with Crippen LogP contribution in [0, 0.1) is 5.82 Å². The zero-order chi connectivity index (χ0) is 15.5. The molecule has 22 heavy (non-hydrogen) atoms. The topological polar surface area (TPSA) is 76.4 Å². The van der Waals surface area contributed by atoms with Crippen molar-refractivity contribution in [2.24, 2.45) is 0 Å². The van der Waals surface area contributed by atoms with Gasteiger partial charge in [0.15, 0.2) is 11.5 Å². The number of hydrogen-bond donors (Lipinski definition) is 2. The number of carbonyl (C=O) groups is 1. The molecule has 1 aliphatic heterocycles. The maximum Gasteiger partial charge on any atom is 0.273 e. The molecule has 1 saturated heterocycles. The molecule has 1 amide bonds. The molecule has 1 fully saturated rings. The van der Waals surface area contributed by atoms with Crippen molar-refractivity contribution in [2.45, 2.75) is 12.1 Å². The minimum atomic E-state index is -0.333. The Morgan fingerprint density at radius 1 is 1.41 bits per heavy atom. The summed E-state index contributed by atoms with van der Waals surface area (Å²) in [7, 11) is 1.61. The van der Waals surface area contributed by atoms with Gasteiger partial charge in [0.2, 0.25) is 0 Å². The highest BCUT2D eigenvalue weighted by atomic mass is 19.1. The van der Waals surface area contributed by atoms with E-state index in [4.69, 9.17) is 9.26 Å². The van der Waals surface area contributed by atoms with E-state index in [0.717, 1.165) is 0 Å². The lowest BCUT2D eigenvalue weighted by molar-refractivity contribution is 0.0773. The molecule has 1 aromatic carbocycles. The highest BCUT2D eigenvalue weighted by Gasteiger charge is 2.29. The van der Waals surface area contributed by atoms with Gasteiger partial charge >= 0.3 is 0 Å². The third-order valence-electron chi connectivity index (χ3n) is 3.65. The number of nitrogens with zero attached hydrogens (tertiary/aromatic N) is 1. The molecule has 1 aliphatic rings. The third-order valence-corrected chi connectivity index (χ3v) is 3.65. The Bertz CT molecular complexity index is 656. The summed E-state index contributed by atoms with van der Waals surface area (Å²) >= 11 is 0. The number of methoxy groups -OCH3 is 1. The Balaban J connectivity index is 1.70. The predicted molar refractivity (Wildman–Crippen MR) is 76.8 cm³/mol. The van der Waals surface area contributed by atoms with E-state index in [2.05, 4.69) is 15.8 Å². The van der Waals surface area contributed by atoms with Crippen LogP contribution in [0.1, 0.15) is 10.5 Å². The van der Waals surface area contributed by atoms with Gasteiger partial charge in [-0.1, -0.05) is 5.16 Å². The predicted octanol–water partition coefficient (Wildman–Crippen LogP) is 1.20. The molecule has 2 heterocycles. The lowest BCUT2D eigenvalue weighted by Crippen LogP contribution is -2.43. The van der Waals surface area contributed by atoms with Crippen molar-refractivity contribution in [1.29, 1.82) is 0 Å². The number of hydrogen-bond acceptors (Lipinski definition) is 5. The van der Waals surface area contributed by atoms with Gasteiger partial charge in [-0.3, -0.25) is 4.79 Å². The Morgan fingerprint density at radius 3 is 2.91 bits per heavy atom. The fourth-order valence-electron chi connectivity index (χ4n) is 2.42. The van der Waals surface area contributed by atoms with E-state index in [1.807, 2.05) is 0 Å².